The highest BCUT2D eigenvalue weighted by atomic mass is 127. The van der Waals surface area contributed by atoms with Crippen LogP contribution < -0.4 is 5.32 Å². The van der Waals surface area contributed by atoms with Crippen LogP contribution >= 0.6 is 22.6 Å². The van der Waals surface area contributed by atoms with E-state index in [1.54, 1.807) is 0 Å². The van der Waals surface area contributed by atoms with Gasteiger partial charge in [0, 0.05) is 15.8 Å². The standard InChI is InChI=1S/C14H19IN2O/c1-10-5-6-17(8-10)9-14(18)16-13-4-3-12(15)7-11(13)2/h3-4,7,10H,5-6,8-9H2,1-2H3,(H,16,18). The molecule has 1 atom stereocenters. The molecule has 0 radical (unpaired) electrons. The monoisotopic (exact) mass is 358 g/mol. The summed E-state index contributed by atoms with van der Waals surface area (Å²) in [6.45, 7) is 6.85. The van der Waals surface area contributed by atoms with E-state index in [-0.39, 0.29) is 5.91 Å². The molecular weight excluding hydrogens is 339 g/mol. The predicted molar refractivity (Wildman–Crippen MR) is 82.7 cm³/mol. The van der Waals surface area contributed by atoms with E-state index in [2.05, 4.69) is 45.8 Å². The molecule has 1 heterocycles. The molecule has 1 aliphatic rings. The summed E-state index contributed by atoms with van der Waals surface area (Å²) in [5.41, 5.74) is 2.04. The third kappa shape index (κ3) is 3.68. The van der Waals surface area contributed by atoms with Crippen molar-refractivity contribution in [3.8, 4) is 0 Å². The SMILES string of the molecule is Cc1cc(I)ccc1NC(=O)CN1CCC(C)C1. The Morgan fingerprint density at radius 1 is 1.56 bits per heavy atom. The maximum Gasteiger partial charge on any atom is 0.238 e. The highest BCUT2D eigenvalue weighted by Crippen LogP contribution is 2.18. The van der Waals surface area contributed by atoms with Crippen molar-refractivity contribution < 1.29 is 4.79 Å². The number of nitrogens with zero attached hydrogens (tertiary/aromatic N) is 1. The van der Waals surface area contributed by atoms with Crippen molar-refractivity contribution in [3.05, 3.63) is 27.3 Å². The van der Waals surface area contributed by atoms with E-state index in [0.29, 0.717) is 6.54 Å². The molecule has 98 valence electrons. The molecule has 0 spiro atoms. The van der Waals surface area contributed by atoms with Crippen LogP contribution in [0.1, 0.15) is 18.9 Å². The second-order valence-electron chi connectivity index (χ2n) is 5.14. The Kier molecular flexibility index (Phi) is 4.61. The zero-order valence-corrected chi connectivity index (χ0v) is 13.0. The zero-order chi connectivity index (χ0) is 13.1. The van der Waals surface area contributed by atoms with Gasteiger partial charge in [-0.3, -0.25) is 9.69 Å². The van der Waals surface area contributed by atoms with Gasteiger partial charge in [0.25, 0.3) is 0 Å². The number of carbonyl (C=O) groups excluding carboxylic acids is 1. The summed E-state index contributed by atoms with van der Waals surface area (Å²) in [4.78, 5) is 14.2. The normalized spacial score (nSPS) is 20.1. The van der Waals surface area contributed by atoms with Crippen molar-refractivity contribution in [1.29, 1.82) is 0 Å². The molecule has 0 aromatic heterocycles. The molecule has 1 amide bonds. The number of amides is 1. The molecular formula is C14H19IN2O. The summed E-state index contributed by atoms with van der Waals surface area (Å²) >= 11 is 2.28. The Morgan fingerprint density at radius 3 is 2.94 bits per heavy atom. The maximum atomic E-state index is 12.0. The lowest BCUT2D eigenvalue weighted by Crippen LogP contribution is -2.31. The largest absolute Gasteiger partial charge is 0.325 e. The van der Waals surface area contributed by atoms with Gasteiger partial charge < -0.3 is 5.32 Å². The van der Waals surface area contributed by atoms with Gasteiger partial charge >= 0.3 is 0 Å². The Hall–Kier alpha value is -0.620. The number of aryl methyl sites for hydroxylation is 1. The number of hydrogen-bond donors (Lipinski definition) is 1. The van der Waals surface area contributed by atoms with Crippen LogP contribution in [0.4, 0.5) is 5.69 Å². The summed E-state index contributed by atoms with van der Waals surface area (Å²) < 4.78 is 1.19. The van der Waals surface area contributed by atoms with Crippen molar-refractivity contribution in [2.24, 2.45) is 5.92 Å². The molecule has 1 fully saturated rings. The molecule has 4 heteroatoms. The molecule has 2 rings (SSSR count). The van der Waals surface area contributed by atoms with E-state index in [9.17, 15) is 4.79 Å². The van der Waals surface area contributed by atoms with E-state index >= 15 is 0 Å². The zero-order valence-electron chi connectivity index (χ0n) is 10.9. The van der Waals surface area contributed by atoms with E-state index in [4.69, 9.17) is 0 Å². The summed E-state index contributed by atoms with van der Waals surface area (Å²) in [5, 5.41) is 3.00. The van der Waals surface area contributed by atoms with Crippen molar-refractivity contribution in [1.82, 2.24) is 4.90 Å². The fraction of sp³-hybridized carbons (Fsp3) is 0.500. The van der Waals surface area contributed by atoms with Crippen LogP contribution in [-0.2, 0) is 4.79 Å². The van der Waals surface area contributed by atoms with Gasteiger partial charge in [0.2, 0.25) is 5.91 Å². The first kappa shape index (κ1) is 13.8. The second-order valence-corrected chi connectivity index (χ2v) is 6.38. The lowest BCUT2D eigenvalue weighted by molar-refractivity contribution is -0.117. The van der Waals surface area contributed by atoms with Crippen LogP contribution in [-0.4, -0.2) is 30.4 Å². The van der Waals surface area contributed by atoms with Crippen molar-refractivity contribution >= 4 is 34.2 Å². The average molecular weight is 358 g/mol. The van der Waals surface area contributed by atoms with Crippen LogP contribution in [0.2, 0.25) is 0 Å². The molecule has 1 N–H and O–H groups in total. The van der Waals surface area contributed by atoms with E-state index < -0.39 is 0 Å². The van der Waals surface area contributed by atoms with Crippen LogP contribution in [0.15, 0.2) is 18.2 Å². The number of rotatable bonds is 3. The minimum absolute atomic E-state index is 0.0911. The fourth-order valence-electron chi connectivity index (χ4n) is 2.33. The van der Waals surface area contributed by atoms with Crippen molar-refractivity contribution in [2.45, 2.75) is 20.3 Å². The molecule has 18 heavy (non-hydrogen) atoms. The summed E-state index contributed by atoms with van der Waals surface area (Å²) in [5.74, 6) is 0.811. The van der Waals surface area contributed by atoms with Gasteiger partial charge in [-0.05, 0) is 72.2 Å². The first-order chi connectivity index (χ1) is 8.54. The van der Waals surface area contributed by atoms with E-state index in [0.717, 1.165) is 30.3 Å². The molecule has 1 unspecified atom stereocenters. The van der Waals surface area contributed by atoms with Gasteiger partial charge in [-0.2, -0.15) is 0 Å². The second kappa shape index (κ2) is 6.02. The average Bonchev–Trinajstić information content (AvgIpc) is 2.68. The third-order valence-electron chi connectivity index (χ3n) is 3.34. The van der Waals surface area contributed by atoms with Gasteiger partial charge in [-0.15, -0.1) is 0 Å². The van der Waals surface area contributed by atoms with Gasteiger partial charge in [0.1, 0.15) is 0 Å². The first-order valence-electron chi connectivity index (χ1n) is 6.33. The van der Waals surface area contributed by atoms with Gasteiger partial charge in [-0.1, -0.05) is 6.92 Å². The Bertz CT molecular complexity index is 447. The lowest BCUT2D eigenvalue weighted by Gasteiger charge is -2.15. The summed E-state index contributed by atoms with van der Waals surface area (Å²) in [7, 11) is 0. The van der Waals surface area contributed by atoms with E-state index in [1.165, 1.54) is 9.99 Å². The van der Waals surface area contributed by atoms with Gasteiger partial charge in [-0.25, -0.2) is 0 Å². The highest BCUT2D eigenvalue weighted by molar-refractivity contribution is 14.1. The molecule has 0 bridgehead atoms. The van der Waals surface area contributed by atoms with Gasteiger partial charge in [0.05, 0.1) is 6.54 Å². The molecule has 1 aromatic carbocycles. The molecule has 1 saturated heterocycles. The number of likely N-dealkylation sites (tertiary alicyclic amines) is 1. The number of benzene rings is 1. The first-order valence-corrected chi connectivity index (χ1v) is 7.41. The Labute approximate surface area is 122 Å². The topological polar surface area (TPSA) is 32.3 Å². The Balaban J connectivity index is 1.91. The molecule has 1 aromatic rings. The molecule has 3 nitrogen and oxygen atoms in total. The number of carbonyl (C=O) groups is 1. The number of nitrogens with one attached hydrogen (secondary N) is 1. The van der Waals surface area contributed by atoms with Crippen LogP contribution in [0.25, 0.3) is 0 Å². The summed E-state index contributed by atoms with van der Waals surface area (Å²) in [6, 6.07) is 6.07. The van der Waals surface area contributed by atoms with Crippen LogP contribution in [0.5, 0.6) is 0 Å². The number of anilines is 1. The van der Waals surface area contributed by atoms with Crippen molar-refractivity contribution in [3.63, 3.8) is 0 Å². The maximum absolute atomic E-state index is 12.0. The van der Waals surface area contributed by atoms with Crippen LogP contribution in [0, 0.1) is 16.4 Å². The summed E-state index contributed by atoms with van der Waals surface area (Å²) in [6.07, 6.45) is 1.20. The lowest BCUT2D eigenvalue weighted by atomic mass is 10.2. The number of halogens is 1. The third-order valence-corrected chi connectivity index (χ3v) is 4.01. The number of hydrogen-bond acceptors (Lipinski definition) is 2. The molecule has 0 saturated carbocycles. The quantitative estimate of drug-likeness (QED) is 0.843. The smallest absolute Gasteiger partial charge is 0.238 e. The predicted octanol–water partition coefficient (Wildman–Crippen LogP) is 2.88. The van der Waals surface area contributed by atoms with E-state index in [1.807, 2.05) is 19.1 Å². The molecule has 1 aliphatic heterocycles. The highest BCUT2D eigenvalue weighted by Gasteiger charge is 2.20. The van der Waals surface area contributed by atoms with Crippen molar-refractivity contribution in [2.75, 3.05) is 25.0 Å². The van der Waals surface area contributed by atoms with Gasteiger partial charge in [0.15, 0.2) is 0 Å². The minimum atomic E-state index is 0.0911. The minimum Gasteiger partial charge on any atom is -0.325 e. The Morgan fingerprint density at radius 2 is 2.33 bits per heavy atom. The van der Waals surface area contributed by atoms with Crippen LogP contribution in [0.3, 0.4) is 0 Å². The molecule has 0 aliphatic carbocycles. The fourth-order valence-corrected chi connectivity index (χ4v) is 2.98.